The normalized spacial score (nSPS) is 9.83. The van der Waals surface area contributed by atoms with Gasteiger partial charge in [0.2, 0.25) is 6.54 Å². The van der Waals surface area contributed by atoms with Crippen LogP contribution in [0.15, 0.2) is 22.7 Å². The summed E-state index contributed by atoms with van der Waals surface area (Å²) >= 11 is 3.31. The molecule has 0 heterocycles. The Balaban J connectivity index is 3.00. The molecule has 0 atom stereocenters. The molecule has 3 nitrogen and oxygen atoms in total. The van der Waals surface area contributed by atoms with Gasteiger partial charge in [0, 0.05) is 15.0 Å². The molecule has 0 aliphatic rings. The van der Waals surface area contributed by atoms with Crippen LogP contribution in [0.2, 0.25) is 0 Å². The van der Waals surface area contributed by atoms with Gasteiger partial charge in [-0.2, -0.15) is 0 Å². The number of nitrogens with zero attached hydrogens (tertiary/aromatic N) is 1. The van der Waals surface area contributed by atoms with Gasteiger partial charge in [0.05, 0.1) is 0 Å². The second-order valence-electron chi connectivity index (χ2n) is 2.51. The highest BCUT2D eigenvalue weighted by molar-refractivity contribution is 9.10. The Morgan fingerprint density at radius 3 is 2.83 bits per heavy atom. The van der Waals surface area contributed by atoms with E-state index in [0.717, 1.165) is 15.6 Å². The first-order valence-corrected chi connectivity index (χ1v) is 4.26. The molecule has 0 N–H and O–H groups in total. The third-order valence-corrected chi connectivity index (χ3v) is 2.54. The van der Waals surface area contributed by atoms with Gasteiger partial charge in [-0.05, 0) is 18.6 Å². The van der Waals surface area contributed by atoms with Crippen molar-refractivity contribution in [3.05, 3.63) is 43.9 Å². The lowest BCUT2D eigenvalue weighted by Gasteiger charge is -2.01. The zero-order valence-corrected chi connectivity index (χ0v) is 8.17. The smallest absolute Gasteiger partial charge is 0.229 e. The lowest BCUT2D eigenvalue weighted by Crippen LogP contribution is -2.00. The maximum Gasteiger partial charge on any atom is 0.229 e. The van der Waals surface area contributed by atoms with E-state index in [0.29, 0.717) is 0 Å². The molecule has 0 aliphatic heterocycles. The minimum atomic E-state index is -0.325. The third kappa shape index (κ3) is 2.04. The Bertz CT molecular complexity index is 312. The van der Waals surface area contributed by atoms with Gasteiger partial charge in [-0.25, -0.2) is 0 Å². The van der Waals surface area contributed by atoms with Crippen molar-refractivity contribution < 1.29 is 4.92 Å². The molecule has 0 amide bonds. The summed E-state index contributed by atoms with van der Waals surface area (Å²) in [6, 6.07) is 5.44. The summed E-state index contributed by atoms with van der Waals surface area (Å²) in [6.07, 6.45) is 0. The van der Waals surface area contributed by atoms with E-state index in [9.17, 15) is 10.1 Å². The lowest BCUT2D eigenvalue weighted by atomic mass is 10.1. The molecule has 0 bridgehead atoms. The van der Waals surface area contributed by atoms with Crippen LogP contribution in [0.5, 0.6) is 0 Å². The van der Waals surface area contributed by atoms with Gasteiger partial charge in [-0.3, -0.25) is 10.1 Å². The van der Waals surface area contributed by atoms with Crippen molar-refractivity contribution in [2.24, 2.45) is 0 Å². The molecule has 0 fully saturated rings. The summed E-state index contributed by atoms with van der Waals surface area (Å²) in [7, 11) is 0. The minimum absolute atomic E-state index is 0.106. The summed E-state index contributed by atoms with van der Waals surface area (Å²) in [6.45, 7) is 1.76. The van der Waals surface area contributed by atoms with E-state index >= 15 is 0 Å². The second kappa shape index (κ2) is 3.67. The maximum absolute atomic E-state index is 10.2. The standard InChI is InChI=1S/C8H8BrNO2/c1-6-7(5-10(11)12)3-2-4-8(6)9/h2-4H,5H2,1H3. The molecule has 0 unspecified atom stereocenters. The van der Waals surface area contributed by atoms with E-state index in [1.807, 2.05) is 13.0 Å². The van der Waals surface area contributed by atoms with Crippen molar-refractivity contribution in [1.29, 1.82) is 0 Å². The van der Waals surface area contributed by atoms with E-state index in [1.54, 1.807) is 12.1 Å². The van der Waals surface area contributed by atoms with Crippen LogP contribution in [0.25, 0.3) is 0 Å². The van der Waals surface area contributed by atoms with Gasteiger partial charge in [0.15, 0.2) is 0 Å². The van der Waals surface area contributed by atoms with E-state index in [2.05, 4.69) is 15.9 Å². The molecular weight excluding hydrogens is 222 g/mol. The van der Waals surface area contributed by atoms with Gasteiger partial charge in [0.1, 0.15) is 0 Å². The number of hydrogen-bond acceptors (Lipinski definition) is 2. The average Bonchev–Trinajstić information content (AvgIpc) is 1.98. The first-order valence-electron chi connectivity index (χ1n) is 3.47. The number of nitro groups is 1. The van der Waals surface area contributed by atoms with E-state index in [4.69, 9.17) is 0 Å². The van der Waals surface area contributed by atoms with Crippen LogP contribution in [0.3, 0.4) is 0 Å². The molecule has 0 aliphatic carbocycles. The van der Waals surface area contributed by atoms with Gasteiger partial charge < -0.3 is 0 Å². The molecule has 0 spiro atoms. The zero-order chi connectivity index (χ0) is 9.14. The van der Waals surface area contributed by atoms with E-state index in [1.165, 1.54) is 0 Å². The fraction of sp³-hybridized carbons (Fsp3) is 0.250. The summed E-state index contributed by atoms with van der Waals surface area (Å²) in [5.41, 5.74) is 1.70. The molecule has 64 valence electrons. The van der Waals surface area contributed by atoms with Crippen molar-refractivity contribution in [2.75, 3.05) is 0 Å². The Kier molecular flexibility index (Phi) is 2.81. The largest absolute Gasteiger partial charge is 0.264 e. The quantitative estimate of drug-likeness (QED) is 0.578. The Labute approximate surface area is 78.7 Å². The van der Waals surface area contributed by atoms with Crippen LogP contribution in [0, 0.1) is 17.0 Å². The van der Waals surface area contributed by atoms with Crippen LogP contribution in [-0.4, -0.2) is 4.92 Å². The summed E-state index contributed by atoms with van der Waals surface area (Å²) in [5.74, 6) is 0. The summed E-state index contributed by atoms with van der Waals surface area (Å²) in [5, 5.41) is 10.2. The zero-order valence-electron chi connectivity index (χ0n) is 6.58. The van der Waals surface area contributed by atoms with Gasteiger partial charge >= 0.3 is 0 Å². The molecule has 0 saturated heterocycles. The predicted molar refractivity (Wildman–Crippen MR) is 49.6 cm³/mol. The lowest BCUT2D eigenvalue weighted by molar-refractivity contribution is -0.496. The molecule has 1 rings (SSSR count). The van der Waals surface area contributed by atoms with Crippen molar-refractivity contribution in [2.45, 2.75) is 13.5 Å². The topological polar surface area (TPSA) is 43.1 Å². The van der Waals surface area contributed by atoms with Crippen molar-refractivity contribution in [3.8, 4) is 0 Å². The first kappa shape index (κ1) is 9.19. The van der Waals surface area contributed by atoms with Gasteiger partial charge in [-0.15, -0.1) is 0 Å². The van der Waals surface area contributed by atoms with Crippen LogP contribution >= 0.6 is 15.9 Å². The van der Waals surface area contributed by atoms with E-state index in [-0.39, 0.29) is 11.5 Å². The highest BCUT2D eigenvalue weighted by Crippen LogP contribution is 2.19. The molecule has 12 heavy (non-hydrogen) atoms. The fourth-order valence-corrected chi connectivity index (χ4v) is 1.37. The molecular formula is C8H8BrNO2. The Morgan fingerprint density at radius 2 is 2.25 bits per heavy atom. The van der Waals surface area contributed by atoms with Crippen molar-refractivity contribution in [3.63, 3.8) is 0 Å². The first-order chi connectivity index (χ1) is 5.61. The van der Waals surface area contributed by atoms with Gasteiger partial charge in [-0.1, -0.05) is 28.1 Å². The number of hydrogen-bond donors (Lipinski definition) is 0. The SMILES string of the molecule is Cc1c(Br)cccc1C[N+](=O)[O-]. The maximum atomic E-state index is 10.2. The molecule has 0 saturated carbocycles. The number of rotatable bonds is 2. The number of benzene rings is 1. The van der Waals surface area contributed by atoms with Crippen molar-refractivity contribution >= 4 is 15.9 Å². The Morgan fingerprint density at radius 1 is 1.58 bits per heavy atom. The molecule has 1 aromatic carbocycles. The van der Waals surface area contributed by atoms with Crippen LogP contribution in [0.1, 0.15) is 11.1 Å². The highest BCUT2D eigenvalue weighted by Gasteiger charge is 2.06. The molecule has 0 aromatic heterocycles. The summed E-state index contributed by atoms with van der Waals surface area (Å²) in [4.78, 5) is 9.90. The van der Waals surface area contributed by atoms with Crippen LogP contribution in [-0.2, 0) is 6.54 Å². The summed E-state index contributed by atoms with van der Waals surface area (Å²) < 4.78 is 0.918. The minimum Gasteiger partial charge on any atom is -0.264 e. The molecule has 4 heteroatoms. The molecule has 1 aromatic rings. The van der Waals surface area contributed by atoms with Crippen LogP contribution in [0.4, 0.5) is 0 Å². The fourth-order valence-electron chi connectivity index (χ4n) is 0.963. The average molecular weight is 230 g/mol. The Hall–Kier alpha value is -0.900. The van der Waals surface area contributed by atoms with Gasteiger partial charge in [0.25, 0.3) is 0 Å². The van der Waals surface area contributed by atoms with Crippen LogP contribution < -0.4 is 0 Å². The molecule has 0 radical (unpaired) electrons. The highest BCUT2D eigenvalue weighted by atomic mass is 79.9. The number of halogens is 1. The van der Waals surface area contributed by atoms with Crippen molar-refractivity contribution in [1.82, 2.24) is 0 Å². The predicted octanol–water partition coefficient (Wildman–Crippen LogP) is 2.53. The van der Waals surface area contributed by atoms with E-state index < -0.39 is 0 Å². The third-order valence-electron chi connectivity index (χ3n) is 1.68. The second-order valence-corrected chi connectivity index (χ2v) is 3.37. The monoisotopic (exact) mass is 229 g/mol.